The van der Waals surface area contributed by atoms with E-state index in [0.717, 1.165) is 21.8 Å². The molecule has 0 spiro atoms. The number of aromatic nitrogens is 3. The van der Waals surface area contributed by atoms with Crippen LogP contribution in [0.5, 0.6) is 0 Å². The Balaban J connectivity index is 2.47. The predicted molar refractivity (Wildman–Crippen MR) is 83.1 cm³/mol. The van der Waals surface area contributed by atoms with Crippen LogP contribution >= 0.6 is 0 Å². The molecule has 2 aromatic heterocycles. The van der Waals surface area contributed by atoms with Gasteiger partial charge in [0.1, 0.15) is 0 Å². The number of nitrogens with zero attached hydrogens (tertiary/aromatic N) is 3. The van der Waals surface area contributed by atoms with Crippen molar-refractivity contribution in [3.8, 4) is 0 Å². The minimum atomic E-state index is -0.226. The molecule has 5 heteroatoms. The average molecular weight is 279 g/mol. The summed E-state index contributed by atoms with van der Waals surface area (Å²) in [5, 5.41) is 2.77. The minimum Gasteiger partial charge on any atom is -0.335 e. The van der Waals surface area contributed by atoms with Crippen LogP contribution in [0.25, 0.3) is 32.6 Å². The molecular weight excluding hydrogens is 266 g/mol. The lowest BCUT2D eigenvalue weighted by Gasteiger charge is -2.13. The topological polar surface area (TPSA) is 56.9 Å². The lowest BCUT2D eigenvalue weighted by atomic mass is 10.0. The molecule has 0 saturated heterocycles. The molecule has 0 aliphatic heterocycles. The quantitative estimate of drug-likeness (QED) is 0.500. The van der Waals surface area contributed by atoms with Crippen LogP contribution in [0, 0.1) is 0 Å². The first-order valence-electron chi connectivity index (χ1n) is 6.86. The van der Waals surface area contributed by atoms with Gasteiger partial charge in [-0.25, -0.2) is 4.98 Å². The van der Waals surface area contributed by atoms with E-state index < -0.39 is 0 Å². The molecule has 104 valence electrons. The van der Waals surface area contributed by atoms with E-state index in [9.17, 15) is 9.59 Å². The van der Waals surface area contributed by atoms with Crippen LogP contribution < -0.4 is 11.1 Å². The fraction of sp³-hybridized carbons (Fsp3) is 0.188. The van der Waals surface area contributed by atoms with Crippen LogP contribution in [0.1, 0.15) is 6.92 Å². The summed E-state index contributed by atoms with van der Waals surface area (Å²) < 4.78 is 3.19. The highest BCUT2D eigenvalue weighted by atomic mass is 16.2. The van der Waals surface area contributed by atoms with Gasteiger partial charge in [-0.1, -0.05) is 0 Å². The summed E-state index contributed by atoms with van der Waals surface area (Å²) in [4.78, 5) is 29.4. The molecule has 0 amide bonds. The second-order valence-corrected chi connectivity index (χ2v) is 5.22. The fourth-order valence-corrected chi connectivity index (χ4v) is 3.10. The average Bonchev–Trinajstić information content (AvgIpc) is 2.50. The first kappa shape index (κ1) is 12.1. The van der Waals surface area contributed by atoms with Gasteiger partial charge < -0.3 is 4.57 Å². The maximum Gasteiger partial charge on any atom is 0.261 e. The maximum absolute atomic E-state index is 12.5. The SMILES string of the molecule is CCn1c(=O)c2ccc3ncn(C)c4ccc(c1=O)c2c34. The van der Waals surface area contributed by atoms with Gasteiger partial charge in [0.25, 0.3) is 11.1 Å². The van der Waals surface area contributed by atoms with Crippen LogP contribution in [0.3, 0.4) is 0 Å². The normalized spacial score (nSPS) is 11.9. The summed E-state index contributed by atoms with van der Waals surface area (Å²) in [5.74, 6) is 0. The molecule has 0 aliphatic carbocycles. The number of benzene rings is 2. The summed E-state index contributed by atoms with van der Waals surface area (Å²) in [7, 11) is 1.90. The smallest absolute Gasteiger partial charge is 0.261 e. The van der Waals surface area contributed by atoms with Crippen molar-refractivity contribution in [2.45, 2.75) is 13.5 Å². The third-order valence-corrected chi connectivity index (χ3v) is 4.13. The summed E-state index contributed by atoms with van der Waals surface area (Å²) in [6, 6.07) is 7.33. The molecule has 0 atom stereocenters. The second kappa shape index (κ2) is 3.91. The molecule has 5 nitrogen and oxygen atoms in total. The van der Waals surface area contributed by atoms with Gasteiger partial charge in [-0.2, -0.15) is 0 Å². The monoisotopic (exact) mass is 279 g/mol. The molecule has 0 saturated carbocycles. The van der Waals surface area contributed by atoms with Gasteiger partial charge in [-0.15, -0.1) is 0 Å². The van der Waals surface area contributed by atoms with Gasteiger partial charge >= 0.3 is 0 Å². The van der Waals surface area contributed by atoms with E-state index in [1.807, 2.05) is 30.7 Å². The van der Waals surface area contributed by atoms with Crippen molar-refractivity contribution in [3.05, 3.63) is 51.3 Å². The van der Waals surface area contributed by atoms with Crippen LogP contribution in [-0.4, -0.2) is 14.1 Å². The third-order valence-electron chi connectivity index (χ3n) is 4.13. The molecule has 0 aliphatic rings. The van der Waals surface area contributed by atoms with Crippen molar-refractivity contribution in [2.75, 3.05) is 0 Å². The molecule has 0 N–H and O–H groups in total. The first-order valence-corrected chi connectivity index (χ1v) is 6.86. The Morgan fingerprint density at radius 1 is 1.00 bits per heavy atom. The van der Waals surface area contributed by atoms with Crippen molar-refractivity contribution in [1.29, 1.82) is 0 Å². The van der Waals surface area contributed by atoms with E-state index in [1.165, 1.54) is 4.57 Å². The van der Waals surface area contributed by atoms with Gasteiger partial charge in [0, 0.05) is 35.1 Å². The lowest BCUT2D eigenvalue weighted by molar-refractivity contribution is 0.713. The largest absolute Gasteiger partial charge is 0.335 e. The zero-order valence-electron chi connectivity index (χ0n) is 11.8. The number of aryl methyl sites for hydroxylation is 1. The fourth-order valence-electron chi connectivity index (χ4n) is 3.10. The summed E-state index contributed by atoms with van der Waals surface area (Å²) >= 11 is 0. The third kappa shape index (κ3) is 1.38. The summed E-state index contributed by atoms with van der Waals surface area (Å²) in [6.45, 7) is 2.18. The van der Waals surface area contributed by atoms with Crippen molar-refractivity contribution in [2.24, 2.45) is 7.05 Å². The van der Waals surface area contributed by atoms with Crippen LogP contribution in [0.15, 0.2) is 40.2 Å². The molecule has 2 aromatic carbocycles. The molecule has 0 fully saturated rings. The van der Waals surface area contributed by atoms with E-state index in [-0.39, 0.29) is 11.1 Å². The highest BCUT2D eigenvalue weighted by Gasteiger charge is 2.16. The van der Waals surface area contributed by atoms with Gasteiger partial charge in [-0.3, -0.25) is 14.2 Å². The molecule has 4 rings (SSSR count). The van der Waals surface area contributed by atoms with Crippen LogP contribution in [-0.2, 0) is 13.6 Å². The summed E-state index contributed by atoms with van der Waals surface area (Å²) in [6.07, 6.45) is 1.74. The molecule has 4 aromatic rings. The van der Waals surface area contributed by atoms with Crippen molar-refractivity contribution >= 4 is 32.6 Å². The van der Waals surface area contributed by atoms with Gasteiger partial charge in [0.05, 0.1) is 17.4 Å². The number of pyridine rings is 1. The molecule has 0 radical (unpaired) electrons. The molecular formula is C16H13N3O2. The maximum atomic E-state index is 12.5. The molecule has 0 unspecified atom stereocenters. The minimum absolute atomic E-state index is 0.226. The Kier molecular flexibility index (Phi) is 2.25. The van der Waals surface area contributed by atoms with Gasteiger partial charge in [-0.05, 0) is 31.2 Å². The first-order chi connectivity index (χ1) is 10.1. The number of rotatable bonds is 1. The summed E-state index contributed by atoms with van der Waals surface area (Å²) in [5.41, 5.74) is 1.31. The Bertz CT molecular complexity index is 1090. The van der Waals surface area contributed by atoms with Crippen LogP contribution in [0.4, 0.5) is 0 Å². The Morgan fingerprint density at radius 2 is 1.67 bits per heavy atom. The van der Waals surface area contributed by atoms with E-state index in [2.05, 4.69) is 4.98 Å². The van der Waals surface area contributed by atoms with Gasteiger partial charge in [0.15, 0.2) is 0 Å². The Morgan fingerprint density at radius 3 is 2.33 bits per heavy atom. The van der Waals surface area contributed by atoms with Crippen molar-refractivity contribution in [1.82, 2.24) is 14.1 Å². The molecule has 21 heavy (non-hydrogen) atoms. The highest BCUT2D eigenvalue weighted by molar-refractivity contribution is 6.20. The molecule has 0 bridgehead atoms. The Labute approximate surface area is 119 Å². The molecule has 2 heterocycles. The second-order valence-electron chi connectivity index (χ2n) is 5.22. The zero-order chi connectivity index (χ0) is 14.7. The van der Waals surface area contributed by atoms with Crippen molar-refractivity contribution < 1.29 is 0 Å². The van der Waals surface area contributed by atoms with E-state index >= 15 is 0 Å². The van der Waals surface area contributed by atoms with E-state index in [0.29, 0.717) is 17.3 Å². The highest BCUT2D eigenvalue weighted by Crippen LogP contribution is 2.29. The van der Waals surface area contributed by atoms with Crippen LogP contribution in [0.2, 0.25) is 0 Å². The van der Waals surface area contributed by atoms with Gasteiger partial charge in [0.2, 0.25) is 0 Å². The zero-order valence-corrected chi connectivity index (χ0v) is 11.8. The van der Waals surface area contributed by atoms with E-state index in [1.54, 1.807) is 18.5 Å². The lowest BCUT2D eigenvalue weighted by Crippen LogP contribution is -2.32. The number of hydrogen-bond donors (Lipinski definition) is 0. The predicted octanol–water partition coefficient (Wildman–Crippen LogP) is 1.86. The standard InChI is InChI=1S/C16H13N3O2/c1-3-19-15(20)9-4-6-11-14-12(18(2)8-17-11)7-5-10(13(9)14)16(19)21/h4-8H,3H2,1-2H3. The van der Waals surface area contributed by atoms with Crippen molar-refractivity contribution in [3.63, 3.8) is 0 Å². The Hall–Kier alpha value is -2.69. The number of hydrogen-bond acceptors (Lipinski definition) is 3. The van der Waals surface area contributed by atoms with E-state index in [4.69, 9.17) is 0 Å².